The minimum Gasteiger partial charge on any atom is -0.399 e. The Balaban J connectivity index is 2.30. The molecule has 0 saturated heterocycles. The van der Waals surface area contributed by atoms with Crippen LogP contribution in [0.25, 0.3) is 0 Å². The Bertz CT molecular complexity index is 651. The number of sulfone groups is 1. The molecule has 2 rings (SSSR count). The lowest BCUT2D eigenvalue weighted by molar-refractivity contribution is 0.594. The summed E-state index contributed by atoms with van der Waals surface area (Å²) in [6.45, 7) is 0. The second kappa shape index (κ2) is 4.78. The van der Waals surface area contributed by atoms with E-state index in [0.717, 1.165) is 12.1 Å². The Morgan fingerprint density at radius 2 is 1.72 bits per heavy atom. The number of nitrogen functional groups attached to an aromatic ring is 1. The van der Waals surface area contributed by atoms with Gasteiger partial charge in [-0.25, -0.2) is 12.8 Å². The average Bonchev–Trinajstić information content (AvgIpc) is 2.29. The number of anilines is 1. The first-order chi connectivity index (χ1) is 8.47. The highest BCUT2D eigenvalue weighted by atomic mass is 32.2. The third-order valence-corrected chi connectivity index (χ3v) is 4.18. The van der Waals surface area contributed by atoms with Gasteiger partial charge >= 0.3 is 0 Å². The van der Waals surface area contributed by atoms with Gasteiger partial charge in [0.2, 0.25) is 0 Å². The zero-order chi connectivity index (χ0) is 13.2. The molecule has 0 heterocycles. The fourth-order valence-corrected chi connectivity index (χ4v) is 2.96. The summed E-state index contributed by atoms with van der Waals surface area (Å²) in [6.07, 6.45) is 0. The Morgan fingerprint density at radius 3 is 2.33 bits per heavy atom. The van der Waals surface area contributed by atoms with E-state index in [1.165, 1.54) is 12.1 Å². The zero-order valence-electron chi connectivity index (χ0n) is 9.51. The van der Waals surface area contributed by atoms with E-state index < -0.39 is 15.7 Å². The van der Waals surface area contributed by atoms with Crippen molar-refractivity contribution in [2.75, 3.05) is 5.73 Å². The van der Waals surface area contributed by atoms with Gasteiger partial charge in [0.05, 0.1) is 10.6 Å². The van der Waals surface area contributed by atoms with Crippen LogP contribution in [0.3, 0.4) is 0 Å². The molecule has 18 heavy (non-hydrogen) atoms. The summed E-state index contributed by atoms with van der Waals surface area (Å²) in [6, 6.07) is 11.5. The fourth-order valence-electron chi connectivity index (χ4n) is 1.63. The van der Waals surface area contributed by atoms with Crippen LogP contribution in [0.2, 0.25) is 0 Å². The maximum atomic E-state index is 12.7. The molecule has 3 nitrogen and oxygen atoms in total. The van der Waals surface area contributed by atoms with Crippen molar-refractivity contribution in [3.05, 3.63) is 59.9 Å². The van der Waals surface area contributed by atoms with Crippen LogP contribution in [0.1, 0.15) is 5.56 Å². The third-order valence-electron chi connectivity index (χ3n) is 2.48. The van der Waals surface area contributed by atoms with Crippen molar-refractivity contribution in [3.63, 3.8) is 0 Å². The van der Waals surface area contributed by atoms with Crippen LogP contribution in [0.5, 0.6) is 0 Å². The second-order valence-electron chi connectivity index (χ2n) is 3.96. The summed E-state index contributed by atoms with van der Waals surface area (Å²) >= 11 is 0. The molecule has 0 aromatic heterocycles. The molecular formula is C13H12FNO2S. The standard InChI is InChI=1S/C13H12FNO2S/c14-11-4-6-13(7-5-11)18(16,17)9-10-2-1-3-12(15)8-10/h1-8H,9,15H2. The van der Waals surface area contributed by atoms with Gasteiger partial charge in [-0.05, 0) is 42.0 Å². The van der Waals surface area contributed by atoms with Gasteiger partial charge in [0, 0.05) is 5.69 Å². The lowest BCUT2D eigenvalue weighted by Gasteiger charge is -2.05. The highest BCUT2D eigenvalue weighted by Crippen LogP contribution is 2.18. The van der Waals surface area contributed by atoms with Crippen LogP contribution in [0.4, 0.5) is 10.1 Å². The van der Waals surface area contributed by atoms with Crippen LogP contribution in [0.15, 0.2) is 53.4 Å². The first kappa shape index (κ1) is 12.6. The minimum atomic E-state index is -3.47. The molecule has 0 aliphatic carbocycles. The molecule has 2 N–H and O–H groups in total. The highest BCUT2D eigenvalue weighted by Gasteiger charge is 2.15. The monoisotopic (exact) mass is 265 g/mol. The summed E-state index contributed by atoms with van der Waals surface area (Å²) in [5.41, 5.74) is 6.72. The van der Waals surface area contributed by atoms with Gasteiger partial charge in [0.25, 0.3) is 0 Å². The normalized spacial score (nSPS) is 11.4. The number of hydrogen-bond acceptors (Lipinski definition) is 3. The highest BCUT2D eigenvalue weighted by molar-refractivity contribution is 7.90. The maximum Gasteiger partial charge on any atom is 0.182 e. The van der Waals surface area contributed by atoms with Crippen molar-refractivity contribution in [1.82, 2.24) is 0 Å². The van der Waals surface area contributed by atoms with Crippen molar-refractivity contribution < 1.29 is 12.8 Å². The molecule has 2 aromatic carbocycles. The topological polar surface area (TPSA) is 60.2 Å². The van der Waals surface area contributed by atoms with Gasteiger partial charge in [-0.3, -0.25) is 0 Å². The molecular weight excluding hydrogens is 253 g/mol. The van der Waals surface area contributed by atoms with E-state index in [-0.39, 0.29) is 10.6 Å². The molecule has 0 saturated carbocycles. The van der Waals surface area contributed by atoms with Crippen LogP contribution >= 0.6 is 0 Å². The summed E-state index contributed by atoms with van der Waals surface area (Å²) in [4.78, 5) is 0.103. The predicted molar refractivity (Wildman–Crippen MR) is 68.1 cm³/mol. The molecule has 0 fully saturated rings. The SMILES string of the molecule is Nc1cccc(CS(=O)(=O)c2ccc(F)cc2)c1. The number of halogens is 1. The van der Waals surface area contributed by atoms with E-state index in [1.54, 1.807) is 24.3 Å². The molecule has 0 aliphatic rings. The third kappa shape index (κ3) is 2.87. The average molecular weight is 265 g/mol. The number of rotatable bonds is 3. The summed E-state index contributed by atoms with van der Waals surface area (Å²) in [5, 5.41) is 0. The molecule has 0 amide bonds. The number of hydrogen-bond donors (Lipinski definition) is 1. The minimum absolute atomic E-state index is 0.103. The van der Waals surface area contributed by atoms with Gasteiger partial charge in [-0.15, -0.1) is 0 Å². The van der Waals surface area contributed by atoms with Crippen LogP contribution < -0.4 is 5.73 Å². The summed E-state index contributed by atoms with van der Waals surface area (Å²) in [7, 11) is -3.47. The van der Waals surface area contributed by atoms with Crippen LogP contribution in [-0.2, 0) is 15.6 Å². The van der Waals surface area contributed by atoms with Crippen LogP contribution in [0, 0.1) is 5.82 Å². The Kier molecular flexibility index (Phi) is 3.34. The second-order valence-corrected chi connectivity index (χ2v) is 5.95. The Morgan fingerprint density at radius 1 is 1.06 bits per heavy atom. The summed E-state index contributed by atoms with van der Waals surface area (Å²) in [5.74, 6) is -0.609. The van der Waals surface area contributed by atoms with Gasteiger partial charge in [-0.2, -0.15) is 0 Å². The van der Waals surface area contributed by atoms with Crippen molar-refractivity contribution in [1.29, 1.82) is 0 Å². The van der Waals surface area contributed by atoms with E-state index in [1.807, 2.05) is 0 Å². The smallest absolute Gasteiger partial charge is 0.182 e. The van der Waals surface area contributed by atoms with Crippen molar-refractivity contribution in [2.24, 2.45) is 0 Å². The summed E-state index contributed by atoms with van der Waals surface area (Å²) < 4.78 is 36.9. The van der Waals surface area contributed by atoms with Crippen LogP contribution in [-0.4, -0.2) is 8.42 Å². The van der Waals surface area contributed by atoms with Crippen molar-refractivity contribution in [2.45, 2.75) is 10.6 Å². The van der Waals surface area contributed by atoms with E-state index in [0.29, 0.717) is 11.3 Å². The molecule has 5 heteroatoms. The molecule has 2 aromatic rings. The molecule has 0 bridgehead atoms. The number of nitrogens with two attached hydrogens (primary N) is 1. The lowest BCUT2D eigenvalue weighted by atomic mass is 10.2. The van der Waals surface area contributed by atoms with Gasteiger partial charge in [0.1, 0.15) is 5.82 Å². The van der Waals surface area contributed by atoms with E-state index >= 15 is 0 Å². The first-order valence-corrected chi connectivity index (χ1v) is 6.95. The Hall–Kier alpha value is -1.88. The van der Waals surface area contributed by atoms with Gasteiger partial charge in [-0.1, -0.05) is 12.1 Å². The molecule has 0 aliphatic heterocycles. The van der Waals surface area contributed by atoms with Crippen molar-refractivity contribution in [3.8, 4) is 0 Å². The zero-order valence-corrected chi connectivity index (χ0v) is 10.3. The fraction of sp³-hybridized carbons (Fsp3) is 0.0769. The molecule has 0 radical (unpaired) electrons. The number of benzene rings is 2. The molecule has 0 spiro atoms. The molecule has 0 atom stereocenters. The van der Waals surface area contributed by atoms with Gasteiger partial charge < -0.3 is 5.73 Å². The lowest BCUT2D eigenvalue weighted by Crippen LogP contribution is -2.05. The molecule has 94 valence electrons. The van der Waals surface area contributed by atoms with Crippen molar-refractivity contribution >= 4 is 15.5 Å². The van der Waals surface area contributed by atoms with Gasteiger partial charge in [0.15, 0.2) is 9.84 Å². The maximum absolute atomic E-state index is 12.7. The quantitative estimate of drug-likeness (QED) is 0.684. The first-order valence-electron chi connectivity index (χ1n) is 5.30. The molecule has 0 unspecified atom stereocenters. The van der Waals surface area contributed by atoms with E-state index in [4.69, 9.17) is 5.73 Å². The predicted octanol–water partition coefficient (Wildman–Crippen LogP) is 2.38. The largest absolute Gasteiger partial charge is 0.399 e. The van der Waals surface area contributed by atoms with E-state index in [2.05, 4.69) is 0 Å². The Labute approximate surface area is 105 Å². The van der Waals surface area contributed by atoms with E-state index in [9.17, 15) is 12.8 Å².